The number of carbonyl (C=O) groups excluding carboxylic acids is 6. The fourth-order valence-electron chi connectivity index (χ4n) is 4.94. The number of hydrogen-bond donors (Lipinski definition) is 0. The molecule has 49 heavy (non-hydrogen) atoms. The minimum atomic E-state index is -0.743. The van der Waals surface area contributed by atoms with Crippen LogP contribution in [0.4, 0.5) is 26.7 Å². The van der Waals surface area contributed by atoms with Crippen LogP contribution in [0.1, 0.15) is 12.8 Å². The Kier molecular flexibility index (Phi) is 10.6. The number of methoxy groups -OCH3 is 1. The number of para-hydroxylation sites is 4. The lowest BCUT2D eigenvalue weighted by Crippen LogP contribution is -2.55. The van der Waals surface area contributed by atoms with Crippen LogP contribution in [-0.4, -0.2) is 68.0 Å². The lowest BCUT2D eigenvalue weighted by molar-refractivity contribution is -0.134. The number of benzene rings is 4. The molecule has 2 fully saturated rings. The minimum Gasteiger partial charge on any atom is -0.497 e. The summed E-state index contributed by atoms with van der Waals surface area (Å²) in [6.07, 6.45) is -0.688. The van der Waals surface area contributed by atoms with Crippen LogP contribution in [0, 0.1) is 0 Å². The molecule has 4 aromatic rings. The van der Waals surface area contributed by atoms with E-state index in [1.54, 1.807) is 116 Å². The van der Waals surface area contributed by atoms with E-state index in [0.717, 1.165) is 25.3 Å². The molecule has 0 bridgehead atoms. The quantitative estimate of drug-likeness (QED) is 0.178. The van der Waals surface area contributed by atoms with E-state index in [1.807, 2.05) is 0 Å². The molecule has 13 nitrogen and oxygen atoms in total. The first-order chi connectivity index (χ1) is 23.7. The molecule has 2 aliphatic rings. The van der Waals surface area contributed by atoms with Crippen molar-refractivity contribution in [2.75, 3.05) is 42.1 Å². The summed E-state index contributed by atoms with van der Waals surface area (Å²) in [5.41, 5.74) is 1.15. The zero-order chi connectivity index (χ0) is 34.9. The van der Waals surface area contributed by atoms with Crippen molar-refractivity contribution in [1.82, 2.24) is 4.90 Å². The number of imide groups is 4. The standard InChI is InChI=1S/C25H22N2O6.C11H10N2O3/c1-31-19-11-13-20(14-12-19)32-15-16-33-22-10-6-5-9-21(22)27-24(29)17-23(28)26(25(27)30)18-7-3-2-4-8-18;1-12-9(14)7-10(15)13(11(12)16)8-5-3-2-4-6-8/h2-14H,15-17H2,1H3;2-6H,7H2,1H3. The largest absolute Gasteiger partial charge is 0.497 e. The van der Waals surface area contributed by atoms with E-state index in [1.165, 1.54) is 7.05 Å². The van der Waals surface area contributed by atoms with E-state index in [2.05, 4.69) is 0 Å². The predicted octanol–water partition coefficient (Wildman–Crippen LogP) is 5.04. The molecular formula is C36H32N4O9. The summed E-state index contributed by atoms with van der Waals surface area (Å²) < 4.78 is 16.6. The van der Waals surface area contributed by atoms with Gasteiger partial charge in [-0.3, -0.25) is 24.1 Å². The SMILES string of the molecule is CN1C(=O)CC(=O)N(c2ccccc2)C1=O.COc1ccc(OCCOc2ccccc2N2C(=O)CC(=O)N(c3ccccc3)C2=O)cc1. The van der Waals surface area contributed by atoms with Crippen LogP contribution in [-0.2, 0) is 19.2 Å². The summed E-state index contributed by atoms with van der Waals surface area (Å²) in [6, 6.07) is 29.6. The Balaban J connectivity index is 0.000000244. The molecule has 0 aromatic heterocycles. The van der Waals surface area contributed by atoms with Crippen molar-refractivity contribution in [1.29, 1.82) is 0 Å². The number of nitrogens with zero attached hydrogens (tertiary/aromatic N) is 4. The van der Waals surface area contributed by atoms with Crippen LogP contribution in [0.3, 0.4) is 0 Å². The first-order valence-corrected chi connectivity index (χ1v) is 15.1. The highest BCUT2D eigenvalue weighted by Crippen LogP contribution is 2.33. The summed E-state index contributed by atoms with van der Waals surface area (Å²) in [7, 11) is 2.96. The van der Waals surface area contributed by atoms with Crippen LogP contribution in [0.15, 0.2) is 109 Å². The highest BCUT2D eigenvalue weighted by Gasteiger charge is 2.41. The second kappa shape index (κ2) is 15.4. The molecule has 0 saturated carbocycles. The average molecular weight is 665 g/mol. The lowest BCUT2D eigenvalue weighted by atomic mass is 10.2. The molecule has 13 heteroatoms. The fourth-order valence-corrected chi connectivity index (χ4v) is 4.94. The first kappa shape index (κ1) is 33.9. The fraction of sp³-hybridized carbons (Fsp3) is 0.167. The van der Waals surface area contributed by atoms with Crippen molar-refractivity contribution in [2.24, 2.45) is 0 Å². The van der Waals surface area contributed by atoms with Crippen molar-refractivity contribution in [3.8, 4) is 17.2 Å². The van der Waals surface area contributed by atoms with Crippen molar-refractivity contribution >= 4 is 52.8 Å². The number of rotatable bonds is 9. The van der Waals surface area contributed by atoms with Crippen LogP contribution in [0.2, 0.25) is 0 Å². The third-order valence-corrected chi connectivity index (χ3v) is 7.39. The van der Waals surface area contributed by atoms with Gasteiger partial charge < -0.3 is 14.2 Å². The normalized spacial score (nSPS) is 14.8. The molecule has 8 amide bonds. The third-order valence-electron chi connectivity index (χ3n) is 7.39. The van der Waals surface area contributed by atoms with Gasteiger partial charge in [0.15, 0.2) is 0 Å². The summed E-state index contributed by atoms with van der Waals surface area (Å²) in [6.45, 7) is 0.428. The van der Waals surface area contributed by atoms with Gasteiger partial charge >= 0.3 is 12.1 Å². The summed E-state index contributed by atoms with van der Waals surface area (Å²) >= 11 is 0. The Morgan fingerprint density at radius 2 is 0.980 bits per heavy atom. The lowest BCUT2D eigenvalue weighted by Gasteiger charge is -2.33. The highest BCUT2D eigenvalue weighted by atomic mass is 16.5. The van der Waals surface area contributed by atoms with E-state index in [0.29, 0.717) is 22.9 Å². The van der Waals surface area contributed by atoms with Crippen molar-refractivity contribution in [3.05, 3.63) is 109 Å². The number of barbiturate groups is 2. The molecule has 0 spiro atoms. The Bertz CT molecular complexity index is 1850. The van der Waals surface area contributed by atoms with E-state index in [-0.39, 0.29) is 25.3 Å². The summed E-state index contributed by atoms with van der Waals surface area (Å²) in [5, 5.41) is 0. The molecule has 2 saturated heterocycles. The molecule has 6 rings (SSSR count). The van der Waals surface area contributed by atoms with E-state index in [4.69, 9.17) is 14.2 Å². The monoisotopic (exact) mass is 664 g/mol. The van der Waals surface area contributed by atoms with Gasteiger partial charge in [-0.25, -0.2) is 24.3 Å². The maximum Gasteiger partial charge on any atom is 0.342 e. The average Bonchev–Trinajstić information content (AvgIpc) is 3.11. The number of carbonyl (C=O) groups is 6. The number of amides is 8. The minimum absolute atomic E-state index is 0.181. The molecule has 0 atom stereocenters. The van der Waals surface area contributed by atoms with Gasteiger partial charge in [-0.2, -0.15) is 0 Å². The molecule has 250 valence electrons. The van der Waals surface area contributed by atoms with Crippen molar-refractivity contribution in [3.63, 3.8) is 0 Å². The zero-order valence-corrected chi connectivity index (χ0v) is 26.7. The van der Waals surface area contributed by atoms with Gasteiger partial charge in [0.25, 0.3) is 0 Å². The maximum atomic E-state index is 13.2. The maximum absolute atomic E-state index is 13.2. The molecular weight excluding hydrogens is 632 g/mol. The van der Waals surface area contributed by atoms with Gasteiger partial charge in [-0.15, -0.1) is 0 Å². The van der Waals surface area contributed by atoms with Gasteiger partial charge in [0, 0.05) is 7.05 Å². The first-order valence-electron chi connectivity index (χ1n) is 15.1. The van der Waals surface area contributed by atoms with Gasteiger partial charge in [0.1, 0.15) is 43.3 Å². The molecule has 0 N–H and O–H groups in total. The third kappa shape index (κ3) is 7.73. The number of urea groups is 2. The predicted molar refractivity (Wildman–Crippen MR) is 179 cm³/mol. The van der Waals surface area contributed by atoms with Crippen LogP contribution in [0.25, 0.3) is 0 Å². The smallest absolute Gasteiger partial charge is 0.342 e. The van der Waals surface area contributed by atoms with Crippen LogP contribution >= 0.6 is 0 Å². The van der Waals surface area contributed by atoms with Gasteiger partial charge in [0.2, 0.25) is 23.6 Å². The Labute approximate surface area is 281 Å². The number of anilines is 3. The molecule has 4 aromatic carbocycles. The van der Waals surface area contributed by atoms with Crippen molar-refractivity contribution in [2.45, 2.75) is 12.8 Å². The van der Waals surface area contributed by atoms with Gasteiger partial charge in [0.05, 0.1) is 24.2 Å². The summed E-state index contributed by atoms with van der Waals surface area (Å²) in [4.78, 5) is 76.9. The second-order valence-electron chi connectivity index (χ2n) is 10.6. The summed E-state index contributed by atoms with van der Waals surface area (Å²) in [5.74, 6) is -0.416. The van der Waals surface area contributed by atoms with E-state index < -0.39 is 42.1 Å². The highest BCUT2D eigenvalue weighted by molar-refractivity contribution is 6.35. The molecule has 0 aliphatic carbocycles. The van der Waals surface area contributed by atoms with Crippen LogP contribution < -0.4 is 28.9 Å². The Hall–Kier alpha value is -6.50. The van der Waals surface area contributed by atoms with Crippen LogP contribution in [0.5, 0.6) is 17.2 Å². The zero-order valence-electron chi connectivity index (χ0n) is 26.7. The Morgan fingerprint density at radius 3 is 1.57 bits per heavy atom. The van der Waals surface area contributed by atoms with Gasteiger partial charge in [-0.1, -0.05) is 48.5 Å². The van der Waals surface area contributed by atoms with E-state index >= 15 is 0 Å². The van der Waals surface area contributed by atoms with Gasteiger partial charge in [-0.05, 0) is 60.7 Å². The van der Waals surface area contributed by atoms with Crippen molar-refractivity contribution < 1.29 is 43.0 Å². The second-order valence-corrected chi connectivity index (χ2v) is 10.6. The molecule has 0 unspecified atom stereocenters. The Morgan fingerprint density at radius 1 is 0.510 bits per heavy atom. The van der Waals surface area contributed by atoms with E-state index in [9.17, 15) is 28.8 Å². The molecule has 2 aliphatic heterocycles. The topological polar surface area (TPSA) is 143 Å². The number of ether oxygens (including phenoxy) is 3. The number of hydrogen-bond acceptors (Lipinski definition) is 9. The molecule has 2 heterocycles. The molecule has 0 radical (unpaired) electrons.